The molecule has 0 heterocycles. The lowest BCUT2D eigenvalue weighted by atomic mass is 10.1. The quantitative estimate of drug-likeness (QED) is 0.777. The number of fused-ring (bicyclic) bond motifs is 1. The average Bonchev–Trinajstić information content (AvgIpc) is 2.46. The first-order chi connectivity index (χ1) is 9.29. The molecule has 0 saturated carbocycles. The van der Waals surface area contributed by atoms with Crippen molar-refractivity contribution in [3.63, 3.8) is 0 Å². The normalized spacial score (nSPS) is 12.5. The van der Waals surface area contributed by atoms with Crippen molar-refractivity contribution in [2.75, 3.05) is 19.8 Å². The number of rotatable bonds is 7. The zero-order valence-electron chi connectivity index (χ0n) is 11.3. The molecule has 0 bridgehead atoms. The van der Waals surface area contributed by atoms with Gasteiger partial charge in [0.1, 0.15) is 12.4 Å². The predicted molar refractivity (Wildman–Crippen MR) is 78.5 cm³/mol. The minimum atomic E-state index is 0.126. The van der Waals surface area contributed by atoms with E-state index in [4.69, 9.17) is 15.2 Å². The van der Waals surface area contributed by atoms with Gasteiger partial charge < -0.3 is 15.2 Å². The summed E-state index contributed by atoms with van der Waals surface area (Å²) >= 11 is 0. The molecular weight excluding hydrogens is 238 g/mol. The van der Waals surface area contributed by atoms with Crippen LogP contribution in [-0.2, 0) is 4.74 Å². The van der Waals surface area contributed by atoms with Gasteiger partial charge in [0.05, 0.1) is 13.2 Å². The van der Waals surface area contributed by atoms with E-state index in [0.29, 0.717) is 19.8 Å². The Hall–Kier alpha value is -1.58. The highest BCUT2D eigenvalue weighted by Crippen LogP contribution is 2.20. The van der Waals surface area contributed by atoms with Crippen molar-refractivity contribution in [2.45, 2.75) is 19.4 Å². The number of benzene rings is 2. The number of nitrogens with two attached hydrogens (primary N) is 1. The van der Waals surface area contributed by atoms with Crippen LogP contribution in [0.15, 0.2) is 42.5 Å². The first kappa shape index (κ1) is 13.8. The minimum Gasteiger partial charge on any atom is -0.491 e. The lowest BCUT2D eigenvalue weighted by Gasteiger charge is -2.10. The zero-order valence-corrected chi connectivity index (χ0v) is 11.3. The van der Waals surface area contributed by atoms with E-state index in [1.165, 1.54) is 10.8 Å². The van der Waals surface area contributed by atoms with Crippen molar-refractivity contribution in [3.8, 4) is 5.75 Å². The summed E-state index contributed by atoms with van der Waals surface area (Å²) in [5.74, 6) is 0.877. The number of hydrogen-bond acceptors (Lipinski definition) is 3. The summed E-state index contributed by atoms with van der Waals surface area (Å²) in [6.07, 6.45) is 0.936. The molecule has 2 N–H and O–H groups in total. The Morgan fingerprint density at radius 1 is 1.05 bits per heavy atom. The Balaban J connectivity index is 1.78. The van der Waals surface area contributed by atoms with E-state index in [1.807, 2.05) is 24.3 Å². The van der Waals surface area contributed by atoms with E-state index < -0.39 is 0 Å². The topological polar surface area (TPSA) is 44.5 Å². The van der Waals surface area contributed by atoms with Crippen molar-refractivity contribution >= 4 is 10.8 Å². The van der Waals surface area contributed by atoms with Gasteiger partial charge in [-0.2, -0.15) is 0 Å². The molecule has 0 aromatic heterocycles. The van der Waals surface area contributed by atoms with Crippen molar-refractivity contribution in [1.29, 1.82) is 0 Å². The van der Waals surface area contributed by atoms with Gasteiger partial charge in [0.15, 0.2) is 0 Å². The van der Waals surface area contributed by atoms with Crippen LogP contribution in [0.3, 0.4) is 0 Å². The SMILES string of the molecule is CCC(N)COCCOc1ccc2ccccc2c1. The van der Waals surface area contributed by atoms with Gasteiger partial charge in [-0.1, -0.05) is 37.3 Å². The lowest BCUT2D eigenvalue weighted by Crippen LogP contribution is -2.26. The summed E-state index contributed by atoms with van der Waals surface area (Å²) in [4.78, 5) is 0. The second kappa shape index (κ2) is 7.12. The molecule has 1 atom stereocenters. The Labute approximate surface area is 114 Å². The van der Waals surface area contributed by atoms with Gasteiger partial charge in [0, 0.05) is 6.04 Å². The van der Waals surface area contributed by atoms with E-state index in [1.54, 1.807) is 0 Å². The zero-order chi connectivity index (χ0) is 13.5. The molecule has 0 amide bonds. The molecule has 0 spiro atoms. The summed E-state index contributed by atoms with van der Waals surface area (Å²) in [7, 11) is 0. The number of hydrogen-bond donors (Lipinski definition) is 1. The summed E-state index contributed by atoms with van der Waals surface area (Å²) in [5.41, 5.74) is 5.76. The molecule has 2 aromatic carbocycles. The van der Waals surface area contributed by atoms with Crippen LogP contribution in [0.1, 0.15) is 13.3 Å². The molecule has 2 rings (SSSR count). The molecule has 3 heteroatoms. The molecule has 0 radical (unpaired) electrons. The standard InChI is InChI=1S/C16H21NO2/c1-2-15(17)12-18-9-10-19-16-8-7-13-5-3-4-6-14(13)11-16/h3-8,11,15H,2,9-10,12,17H2,1H3. The van der Waals surface area contributed by atoms with Crippen LogP contribution in [0.2, 0.25) is 0 Å². The van der Waals surface area contributed by atoms with E-state index in [-0.39, 0.29) is 6.04 Å². The van der Waals surface area contributed by atoms with Gasteiger partial charge in [0.25, 0.3) is 0 Å². The molecule has 0 aliphatic rings. The molecular formula is C16H21NO2. The molecule has 0 aliphatic heterocycles. The largest absolute Gasteiger partial charge is 0.491 e. The van der Waals surface area contributed by atoms with Crippen molar-refractivity contribution in [2.24, 2.45) is 5.73 Å². The second-order valence-electron chi connectivity index (χ2n) is 4.60. The van der Waals surface area contributed by atoms with Gasteiger partial charge in [-0.3, -0.25) is 0 Å². The lowest BCUT2D eigenvalue weighted by molar-refractivity contribution is 0.0897. The van der Waals surface area contributed by atoms with Crippen molar-refractivity contribution < 1.29 is 9.47 Å². The highest BCUT2D eigenvalue weighted by Gasteiger charge is 1.99. The van der Waals surface area contributed by atoms with Crippen LogP contribution < -0.4 is 10.5 Å². The van der Waals surface area contributed by atoms with E-state index >= 15 is 0 Å². The van der Waals surface area contributed by atoms with Crippen molar-refractivity contribution in [1.82, 2.24) is 0 Å². The predicted octanol–water partition coefficient (Wildman–Crippen LogP) is 2.97. The maximum Gasteiger partial charge on any atom is 0.120 e. The molecule has 0 aliphatic carbocycles. The Bertz CT molecular complexity index is 513. The maximum absolute atomic E-state index is 5.76. The Morgan fingerprint density at radius 3 is 2.63 bits per heavy atom. The molecule has 0 saturated heterocycles. The fourth-order valence-electron chi connectivity index (χ4n) is 1.83. The van der Waals surface area contributed by atoms with Crippen LogP contribution in [0.25, 0.3) is 10.8 Å². The Morgan fingerprint density at radius 2 is 1.84 bits per heavy atom. The van der Waals surface area contributed by atoms with Gasteiger partial charge in [-0.25, -0.2) is 0 Å². The fraction of sp³-hybridized carbons (Fsp3) is 0.375. The molecule has 1 unspecified atom stereocenters. The third-order valence-electron chi connectivity index (χ3n) is 3.07. The molecule has 0 fully saturated rings. The van der Waals surface area contributed by atoms with Gasteiger partial charge >= 0.3 is 0 Å². The first-order valence-electron chi connectivity index (χ1n) is 6.74. The van der Waals surface area contributed by atoms with E-state index in [0.717, 1.165) is 12.2 Å². The van der Waals surface area contributed by atoms with Crippen LogP contribution in [0.4, 0.5) is 0 Å². The Kier molecular flexibility index (Phi) is 5.19. The average molecular weight is 259 g/mol. The molecule has 3 nitrogen and oxygen atoms in total. The van der Waals surface area contributed by atoms with Gasteiger partial charge in [0.2, 0.25) is 0 Å². The third kappa shape index (κ3) is 4.23. The summed E-state index contributed by atoms with van der Waals surface area (Å²) in [5, 5.41) is 2.41. The smallest absolute Gasteiger partial charge is 0.120 e. The minimum absolute atomic E-state index is 0.126. The summed E-state index contributed by atoms with van der Waals surface area (Å²) < 4.78 is 11.1. The summed E-state index contributed by atoms with van der Waals surface area (Å²) in [6.45, 7) is 3.77. The van der Waals surface area contributed by atoms with Gasteiger partial charge in [-0.15, -0.1) is 0 Å². The molecule has 19 heavy (non-hydrogen) atoms. The second-order valence-corrected chi connectivity index (χ2v) is 4.60. The van der Waals surface area contributed by atoms with E-state index in [2.05, 4.69) is 25.1 Å². The summed E-state index contributed by atoms with van der Waals surface area (Å²) in [6, 6.07) is 14.5. The van der Waals surface area contributed by atoms with Crippen LogP contribution in [0, 0.1) is 0 Å². The van der Waals surface area contributed by atoms with Crippen LogP contribution >= 0.6 is 0 Å². The van der Waals surface area contributed by atoms with Crippen LogP contribution in [0.5, 0.6) is 5.75 Å². The van der Waals surface area contributed by atoms with Crippen molar-refractivity contribution in [3.05, 3.63) is 42.5 Å². The fourth-order valence-corrected chi connectivity index (χ4v) is 1.83. The van der Waals surface area contributed by atoms with Gasteiger partial charge in [-0.05, 0) is 29.3 Å². The van der Waals surface area contributed by atoms with E-state index in [9.17, 15) is 0 Å². The third-order valence-corrected chi connectivity index (χ3v) is 3.07. The molecule has 102 valence electrons. The monoisotopic (exact) mass is 259 g/mol. The molecule has 2 aromatic rings. The highest BCUT2D eigenvalue weighted by molar-refractivity contribution is 5.83. The number of ether oxygens (including phenoxy) is 2. The maximum atomic E-state index is 5.76. The highest BCUT2D eigenvalue weighted by atomic mass is 16.5. The van der Waals surface area contributed by atoms with Crippen LogP contribution in [-0.4, -0.2) is 25.9 Å². The first-order valence-corrected chi connectivity index (χ1v) is 6.74.